The van der Waals surface area contributed by atoms with Crippen molar-refractivity contribution in [3.05, 3.63) is 29.6 Å². The van der Waals surface area contributed by atoms with E-state index in [1.807, 2.05) is 6.07 Å². The largest absolute Gasteiger partial charge is 0.381 e. The Labute approximate surface area is 101 Å². The van der Waals surface area contributed by atoms with Crippen LogP contribution in [0.2, 0.25) is 0 Å². The fraction of sp³-hybridized carbons (Fsp3) is 0.462. The van der Waals surface area contributed by atoms with Gasteiger partial charge in [0, 0.05) is 18.3 Å². The zero-order valence-electron chi connectivity index (χ0n) is 9.91. The Bertz CT molecular complexity index is 439. The summed E-state index contributed by atoms with van der Waals surface area (Å²) in [7, 11) is 2.10. The van der Waals surface area contributed by atoms with Gasteiger partial charge in [-0.25, -0.2) is 4.39 Å². The number of likely N-dealkylation sites (tertiary alicyclic amines) is 1. The first-order valence-electron chi connectivity index (χ1n) is 5.84. The Kier molecular flexibility index (Phi) is 3.60. The van der Waals surface area contributed by atoms with E-state index in [2.05, 4.69) is 17.3 Å². The lowest BCUT2D eigenvalue weighted by Crippen LogP contribution is -2.39. The molecule has 0 amide bonds. The molecule has 1 heterocycles. The molecule has 1 unspecified atom stereocenters. The van der Waals surface area contributed by atoms with Crippen LogP contribution in [0.5, 0.6) is 0 Å². The second-order valence-corrected chi connectivity index (χ2v) is 4.55. The number of nitrogens with one attached hydrogen (secondary N) is 1. The molecule has 3 nitrogen and oxygen atoms in total. The average molecular weight is 233 g/mol. The topological polar surface area (TPSA) is 39.1 Å². The molecule has 4 heteroatoms. The van der Waals surface area contributed by atoms with Gasteiger partial charge in [0.15, 0.2) is 0 Å². The van der Waals surface area contributed by atoms with E-state index in [9.17, 15) is 4.39 Å². The van der Waals surface area contributed by atoms with E-state index in [4.69, 9.17) is 5.26 Å². The second kappa shape index (κ2) is 5.15. The van der Waals surface area contributed by atoms with Crippen molar-refractivity contribution >= 4 is 5.69 Å². The minimum atomic E-state index is -0.459. The predicted octanol–water partition coefficient (Wildman–Crippen LogP) is 2.20. The first-order valence-corrected chi connectivity index (χ1v) is 5.84. The summed E-state index contributed by atoms with van der Waals surface area (Å²) < 4.78 is 13.2. The van der Waals surface area contributed by atoms with Crippen molar-refractivity contribution in [3.63, 3.8) is 0 Å². The van der Waals surface area contributed by atoms with Gasteiger partial charge in [0.25, 0.3) is 0 Å². The van der Waals surface area contributed by atoms with Crippen LogP contribution < -0.4 is 5.32 Å². The number of benzene rings is 1. The van der Waals surface area contributed by atoms with Crippen LogP contribution in [0.25, 0.3) is 0 Å². The van der Waals surface area contributed by atoms with Crippen LogP contribution in [0.15, 0.2) is 18.2 Å². The van der Waals surface area contributed by atoms with Gasteiger partial charge in [-0.15, -0.1) is 0 Å². The molecule has 0 spiro atoms. The van der Waals surface area contributed by atoms with Gasteiger partial charge >= 0.3 is 0 Å². The van der Waals surface area contributed by atoms with Crippen LogP contribution in [-0.2, 0) is 0 Å². The summed E-state index contributed by atoms with van der Waals surface area (Å²) in [5.74, 6) is -0.459. The Morgan fingerprint density at radius 1 is 1.53 bits per heavy atom. The van der Waals surface area contributed by atoms with Gasteiger partial charge in [0.1, 0.15) is 11.9 Å². The first-order chi connectivity index (χ1) is 8.19. The van der Waals surface area contributed by atoms with Crippen LogP contribution in [0, 0.1) is 17.1 Å². The molecule has 0 aliphatic carbocycles. The summed E-state index contributed by atoms with van der Waals surface area (Å²) in [5.41, 5.74) is 0.919. The number of likely N-dealkylation sites (N-methyl/N-ethyl adjacent to an activating group) is 1. The van der Waals surface area contributed by atoms with Gasteiger partial charge in [-0.1, -0.05) is 0 Å². The number of piperidine rings is 1. The van der Waals surface area contributed by atoms with Crippen LogP contribution >= 0.6 is 0 Å². The lowest BCUT2D eigenvalue weighted by atomic mass is 10.1. The zero-order chi connectivity index (χ0) is 12.3. The molecule has 1 aromatic rings. The summed E-state index contributed by atoms with van der Waals surface area (Å²) in [6, 6.07) is 6.84. The normalized spacial score (nSPS) is 20.9. The Hall–Kier alpha value is -1.60. The lowest BCUT2D eigenvalue weighted by molar-refractivity contribution is 0.261. The van der Waals surface area contributed by atoms with E-state index in [0.717, 1.165) is 25.2 Å². The molecule has 0 aromatic heterocycles. The van der Waals surface area contributed by atoms with E-state index in [-0.39, 0.29) is 5.56 Å². The summed E-state index contributed by atoms with van der Waals surface area (Å²) in [6.07, 6.45) is 2.28. The Balaban J connectivity index is 2.06. The molecule has 0 radical (unpaired) electrons. The number of nitrogens with zero attached hydrogens (tertiary/aromatic N) is 2. The number of anilines is 1. The number of hydrogen-bond donors (Lipinski definition) is 1. The van der Waals surface area contributed by atoms with Crippen LogP contribution in [-0.4, -0.2) is 31.1 Å². The predicted molar refractivity (Wildman–Crippen MR) is 65.3 cm³/mol. The molecule has 1 N–H and O–H groups in total. The number of hydrogen-bond acceptors (Lipinski definition) is 3. The van der Waals surface area contributed by atoms with Gasteiger partial charge < -0.3 is 10.2 Å². The average Bonchev–Trinajstić information content (AvgIpc) is 2.32. The van der Waals surface area contributed by atoms with Crippen molar-refractivity contribution in [1.82, 2.24) is 4.90 Å². The van der Waals surface area contributed by atoms with Crippen molar-refractivity contribution in [2.75, 3.05) is 25.5 Å². The maximum absolute atomic E-state index is 13.2. The molecule has 1 aromatic carbocycles. The van der Waals surface area contributed by atoms with Gasteiger partial charge in [-0.3, -0.25) is 0 Å². The van der Waals surface area contributed by atoms with Crippen LogP contribution in [0.3, 0.4) is 0 Å². The smallest absolute Gasteiger partial charge is 0.141 e. The van der Waals surface area contributed by atoms with E-state index >= 15 is 0 Å². The third-order valence-electron chi connectivity index (χ3n) is 3.08. The third-order valence-corrected chi connectivity index (χ3v) is 3.08. The van der Waals surface area contributed by atoms with Crippen molar-refractivity contribution in [2.45, 2.75) is 18.9 Å². The molecule has 0 bridgehead atoms. The van der Waals surface area contributed by atoms with E-state index in [1.54, 1.807) is 12.1 Å². The van der Waals surface area contributed by atoms with E-state index in [1.165, 1.54) is 12.5 Å². The maximum Gasteiger partial charge on any atom is 0.141 e. The third kappa shape index (κ3) is 2.95. The highest BCUT2D eigenvalue weighted by atomic mass is 19.1. The van der Waals surface area contributed by atoms with Gasteiger partial charge in [-0.05, 0) is 44.6 Å². The quantitative estimate of drug-likeness (QED) is 0.851. The fourth-order valence-corrected chi connectivity index (χ4v) is 2.22. The monoisotopic (exact) mass is 233 g/mol. The maximum atomic E-state index is 13.2. The summed E-state index contributed by atoms with van der Waals surface area (Å²) in [6.45, 7) is 2.12. The van der Waals surface area contributed by atoms with E-state index in [0.29, 0.717) is 6.04 Å². The van der Waals surface area contributed by atoms with E-state index < -0.39 is 5.82 Å². The SMILES string of the molecule is CN1CCCC(Nc2ccc(F)c(C#N)c2)C1. The molecular formula is C13H16FN3. The molecular weight excluding hydrogens is 217 g/mol. The number of nitriles is 1. The summed E-state index contributed by atoms with van der Waals surface area (Å²) in [5, 5.41) is 12.1. The highest BCUT2D eigenvalue weighted by molar-refractivity contribution is 5.50. The second-order valence-electron chi connectivity index (χ2n) is 4.55. The standard InChI is InChI=1S/C13H16FN3/c1-17-6-2-3-12(9-17)16-11-4-5-13(14)10(7-11)8-15/h4-5,7,12,16H,2-3,6,9H2,1H3. The lowest BCUT2D eigenvalue weighted by Gasteiger charge is -2.30. The minimum absolute atomic E-state index is 0.0964. The molecule has 0 saturated carbocycles. The van der Waals surface area contributed by atoms with Gasteiger partial charge in [-0.2, -0.15) is 5.26 Å². The summed E-state index contributed by atoms with van der Waals surface area (Å²) in [4.78, 5) is 2.27. The molecule has 1 saturated heterocycles. The highest BCUT2D eigenvalue weighted by Crippen LogP contribution is 2.18. The summed E-state index contributed by atoms with van der Waals surface area (Å²) >= 11 is 0. The highest BCUT2D eigenvalue weighted by Gasteiger charge is 2.17. The molecule has 1 aliphatic heterocycles. The number of halogens is 1. The molecule has 17 heavy (non-hydrogen) atoms. The molecule has 1 aliphatic rings. The molecule has 1 atom stereocenters. The van der Waals surface area contributed by atoms with Crippen molar-refractivity contribution in [3.8, 4) is 6.07 Å². The first kappa shape index (κ1) is 11.9. The molecule has 90 valence electrons. The number of rotatable bonds is 2. The molecule has 1 fully saturated rings. The minimum Gasteiger partial charge on any atom is -0.381 e. The Morgan fingerprint density at radius 2 is 2.35 bits per heavy atom. The van der Waals surface area contributed by atoms with Crippen molar-refractivity contribution in [2.24, 2.45) is 0 Å². The Morgan fingerprint density at radius 3 is 3.06 bits per heavy atom. The van der Waals surface area contributed by atoms with Crippen molar-refractivity contribution in [1.29, 1.82) is 5.26 Å². The van der Waals surface area contributed by atoms with Crippen LogP contribution in [0.1, 0.15) is 18.4 Å². The van der Waals surface area contributed by atoms with Gasteiger partial charge in [0.2, 0.25) is 0 Å². The zero-order valence-corrected chi connectivity index (χ0v) is 9.91. The van der Waals surface area contributed by atoms with Gasteiger partial charge in [0.05, 0.1) is 5.56 Å². The van der Waals surface area contributed by atoms with Crippen molar-refractivity contribution < 1.29 is 4.39 Å². The fourth-order valence-electron chi connectivity index (χ4n) is 2.22. The molecule has 2 rings (SSSR count). The van der Waals surface area contributed by atoms with Crippen LogP contribution in [0.4, 0.5) is 10.1 Å².